The Hall–Kier alpha value is -2.88. The molecule has 1 heterocycles. The standard InChI is InChI=1S/C24H15Cl4N3O2/c1-32-17-4-5-21-22(10-17)31-24(30-21)15(11-29)6-13-7-19(27)23(20(28)8-13)33-12-14-2-3-16(25)9-18(14)26/h2-10H,12H2,1H3,(H,30,31)/b15-6-. The molecular weight excluding hydrogens is 504 g/mol. The molecular formula is C24H15Cl4N3O2. The number of imidazole rings is 1. The zero-order valence-corrected chi connectivity index (χ0v) is 20.1. The highest BCUT2D eigenvalue weighted by Crippen LogP contribution is 2.36. The molecule has 4 rings (SSSR count). The van der Waals surface area contributed by atoms with Gasteiger partial charge in [0.25, 0.3) is 0 Å². The third kappa shape index (κ3) is 5.21. The maximum absolute atomic E-state index is 9.70. The lowest BCUT2D eigenvalue weighted by atomic mass is 10.1. The number of halogens is 4. The van der Waals surface area contributed by atoms with Gasteiger partial charge < -0.3 is 14.5 Å². The maximum Gasteiger partial charge on any atom is 0.157 e. The summed E-state index contributed by atoms with van der Waals surface area (Å²) in [4.78, 5) is 7.62. The zero-order valence-electron chi connectivity index (χ0n) is 17.1. The van der Waals surface area contributed by atoms with E-state index in [4.69, 9.17) is 55.9 Å². The molecule has 166 valence electrons. The van der Waals surface area contributed by atoms with E-state index in [1.54, 1.807) is 49.6 Å². The number of fused-ring (bicyclic) bond motifs is 1. The molecule has 0 unspecified atom stereocenters. The molecule has 0 aliphatic rings. The van der Waals surface area contributed by atoms with Crippen molar-refractivity contribution in [1.82, 2.24) is 9.97 Å². The van der Waals surface area contributed by atoms with Gasteiger partial charge in [0.05, 0.1) is 33.8 Å². The first-order chi connectivity index (χ1) is 15.9. The van der Waals surface area contributed by atoms with Gasteiger partial charge in [0, 0.05) is 21.7 Å². The highest BCUT2D eigenvalue weighted by molar-refractivity contribution is 6.37. The van der Waals surface area contributed by atoms with E-state index in [0.29, 0.717) is 54.1 Å². The summed E-state index contributed by atoms with van der Waals surface area (Å²) in [6, 6.07) is 16.0. The number of aromatic amines is 1. The molecule has 4 aromatic rings. The molecule has 0 fully saturated rings. The van der Waals surface area contributed by atoms with Crippen LogP contribution in [0.3, 0.4) is 0 Å². The van der Waals surface area contributed by atoms with Crippen molar-refractivity contribution in [3.8, 4) is 17.6 Å². The van der Waals surface area contributed by atoms with Crippen LogP contribution in [0.4, 0.5) is 0 Å². The summed E-state index contributed by atoms with van der Waals surface area (Å²) < 4.78 is 11.0. The molecule has 0 aliphatic carbocycles. The number of nitrogens with one attached hydrogen (secondary N) is 1. The van der Waals surface area contributed by atoms with Crippen molar-refractivity contribution in [3.63, 3.8) is 0 Å². The Kier molecular flexibility index (Phi) is 7.02. The van der Waals surface area contributed by atoms with Crippen molar-refractivity contribution < 1.29 is 9.47 Å². The van der Waals surface area contributed by atoms with E-state index in [2.05, 4.69) is 16.0 Å². The Morgan fingerprint density at radius 2 is 1.79 bits per heavy atom. The molecule has 0 saturated heterocycles. The molecule has 0 spiro atoms. The minimum Gasteiger partial charge on any atom is -0.497 e. The molecule has 33 heavy (non-hydrogen) atoms. The minimum atomic E-state index is 0.163. The van der Waals surface area contributed by atoms with Crippen LogP contribution >= 0.6 is 46.4 Å². The molecule has 1 aromatic heterocycles. The summed E-state index contributed by atoms with van der Waals surface area (Å²) >= 11 is 25.0. The quantitative estimate of drug-likeness (QED) is 0.264. The summed E-state index contributed by atoms with van der Waals surface area (Å²) in [7, 11) is 1.59. The Bertz CT molecular complexity index is 1400. The van der Waals surface area contributed by atoms with Crippen LogP contribution in [0.25, 0.3) is 22.7 Å². The number of rotatable bonds is 6. The zero-order chi connectivity index (χ0) is 23.5. The van der Waals surface area contributed by atoms with Crippen molar-refractivity contribution >= 4 is 69.1 Å². The number of allylic oxidation sites excluding steroid dienone is 1. The highest BCUT2D eigenvalue weighted by Gasteiger charge is 2.13. The second kappa shape index (κ2) is 9.94. The second-order valence-electron chi connectivity index (χ2n) is 6.98. The number of hydrogen-bond acceptors (Lipinski definition) is 4. The first-order valence-corrected chi connectivity index (χ1v) is 11.1. The summed E-state index contributed by atoms with van der Waals surface area (Å²) in [6.45, 7) is 0.163. The molecule has 0 atom stereocenters. The Morgan fingerprint density at radius 3 is 2.45 bits per heavy atom. The first-order valence-electron chi connectivity index (χ1n) is 9.59. The van der Waals surface area contributed by atoms with Gasteiger partial charge in [-0.3, -0.25) is 0 Å². The molecule has 0 saturated carbocycles. The van der Waals surface area contributed by atoms with Gasteiger partial charge in [0.1, 0.15) is 24.3 Å². The molecule has 0 radical (unpaired) electrons. The number of nitriles is 1. The summed E-state index contributed by atoms with van der Waals surface area (Å²) in [5.74, 6) is 1.43. The largest absolute Gasteiger partial charge is 0.497 e. The fraction of sp³-hybridized carbons (Fsp3) is 0.0833. The average Bonchev–Trinajstić information content (AvgIpc) is 3.21. The van der Waals surface area contributed by atoms with E-state index >= 15 is 0 Å². The van der Waals surface area contributed by atoms with E-state index in [1.165, 1.54) is 0 Å². The number of ether oxygens (including phenoxy) is 2. The topological polar surface area (TPSA) is 70.9 Å². The van der Waals surface area contributed by atoms with Gasteiger partial charge in [-0.1, -0.05) is 52.5 Å². The van der Waals surface area contributed by atoms with E-state index in [9.17, 15) is 5.26 Å². The van der Waals surface area contributed by atoms with Gasteiger partial charge in [0.2, 0.25) is 0 Å². The van der Waals surface area contributed by atoms with Crippen molar-refractivity contribution in [2.75, 3.05) is 7.11 Å². The summed E-state index contributed by atoms with van der Waals surface area (Å²) in [6.07, 6.45) is 1.65. The van der Waals surface area contributed by atoms with Crippen molar-refractivity contribution in [3.05, 3.63) is 85.6 Å². The van der Waals surface area contributed by atoms with Crippen LogP contribution in [0.2, 0.25) is 20.1 Å². The fourth-order valence-corrected chi connectivity index (χ4v) is 4.23. The third-order valence-corrected chi connectivity index (χ3v) is 5.93. The van der Waals surface area contributed by atoms with Crippen molar-refractivity contribution in [2.24, 2.45) is 0 Å². The maximum atomic E-state index is 9.70. The van der Waals surface area contributed by atoms with Crippen molar-refractivity contribution in [1.29, 1.82) is 5.26 Å². The van der Waals surface area contributed by atoms with Crippen molar-refractivity contribution in [2.45, 2.75) is 6.61 Å². The number of benzene rings is 3. The van der Waals surface area contributed by atoms with Crippen LogP contribution in [0.15, 0.2) is 48.5 Å². The minimum absolute atomic E-state index is 0.163. The van der Waals surface area contributed by atoms with E-state index < -0.39 is 0 Å². The predicted molar refractivity (Wildman–Crippen MR) is 133 cm³/mol. The predicted octanol–water partition coefficient (Wildman–Crippen LogP) is 7.83. The monoisotopic (exact) mass is 517 g/mol. The summed E-state index contributed by atoms with van der Waals surface area (Å²) in [5, 5.41) is 11.3. The fourth-order valence-electron chi connectivity index (χ4n) is 3.15. The average molecular weight is 519 g/mol. The lowest BCUT2D eigenvalue weighted by molar-refractivity contribution is 0.306. The number of H-pyrrole nitrogens is 1. The Labute approximate surface area is 210 Å². The molecule has 1 N–H and O–H groups in total. The molecule has 0 bridgehead atoms. The van der Waals surface area contributed by atoms with E-state index in [1.807, 2.05) is 12.1 Å². The third-order valence-electron chi connectivity index (χ3n) is 4.78. The second-order valence-corrected chi connectivity index (χ2v) is 8.63. The number of nitrogens with zero attached hydrogens (tertiary/aromatic N) is 2. The summed E-state index contributed by atoms with van der Waals surface area (Å²) in [5.41, 5.74) is 3.15. The van der Waals surface area contributed by atoms with Crippen LogP contribution < -0.4 is 9.47 Å². The molecule has 0 aliphatic heterocycles. The lowest BCUT2D eigenvalue weighted by Gasteiger charge is -2.12. The molecule has 9 heteroatoms. The SMILES string of the molecule is COc1ccc2nc(/C(C#N)=C\c3cc(Cl)c(OCc4ccc(Cl)cc4Cl)c(Cl)c3)[nH]c2c1. The van der Waals surface area contributed by atoms with Gasteiger partial charge in [-0.05, 0) is 48.0 Å². The van der Waals surface area contributed by atoms with Gasteiger partial charge >= 0.3 is 0 Å². The van der Waals surface area contributed by atoms with E-state index in [-0.39, 0.29) is 6.61 Å². The first kappa shape index (κ1) is 23.3. The lowest BCUT2D eigenvalue weighted by Crippen LogP contribution is -1.98. The Morgan fingerprint density at radius 1 is 1.03 bits per heavy atom. The van der Waals surface area contributed by atoms with Crippen LogP contribution in [0.1, 0.15) is 17.0 Å². The van der Waals surface area contributed by atoms with Crippen LogP contribution in [-0.2, 0) is 6.61 Å². The van der Waals surface area contributed by atoms with E-state index in [0.717, 1.165) is 11.1 Å². The Balaban J connectivity index is 1.60. The van der Waals surface area contributed by atoms with Crippen LogP contribution in [0, 0.1) is 11.3 Å². The van der Waals surface area contributed by atoms with Gasteiger partial charge in [-0.2, -0.15) is 5.26 Å². The molecule has 0 amide bonds. The number of hydrogen-bond donors (Lipinski definition) is 1. The van der Waals surface area contributed by atoms with Gasteiger partial charge in [0.15, 0.2) is 5.75 Å². The molecule has 3 aromatic carbocycles. The van der Waals surface area contributed by atoms with Gasteiger partial charge in [-0.25, -0.2) is 4.98 Å². The van der Waals surface area contributed by atoms with Crippen LogP contribution in [0.5, 0.6) is 11.5 Å². The highest BCUT2D eigenvalue weighted by atomic mass is 35.5. The molecule has 5 nitrogen and oxygen atoms in total. The van der Waals surface area contributed by atoms with Crippen LogP contribution in [-0.4, -0.2) is 17.1 Å². The number of methoxy groups -OCH3 is 1. The van der Waals surface area contributed by atoms with Gasteiger partial charge in [-0.15, -0.1) is 0 Å². The number of aromatic nitrogens is 2. The normalized spacial score (nSPS) is 11.5. The smallest absolute Gasteiger partial charge is 0.157 e.